The Morgan fingerprint density at radius 1 is 0.977 bits per heavy atom. The van der Waals surface area contributed by atoms with E-state index in [0.717, 1.165) is 87.8 Å². The number of hydrogen-bond donors (Lipinski definition) is 1. The molecule has 5 nitrogen and oxygen atoms in total. The standard InChI is InChI=1S/C36H40F3N3O2/c1-35(29-15-16-32-27(22-29)17-20-43-32)24-42(25-41-35)18-8-3-2-4-9-19-44-34-28(21-26-11-6-5-7-12-26)23-40-33-30(34)13-10-14-31(33)36(37,38)39/h5-7,10-16,22-23,41H,2-4,8-9,17-21,24-25H2,1H3. The third kappa shape index (κ3) is 6.87. The van der Waals surface area contributed by atoms with Crippen molar-refractivity contribution >= 4 is 10.9 Å². The predicted molar refractivity (Wildman–Crippen MR) is 167 cm³/mol. The highest BCUT2D eigenvalue weighted by atomic mass is 19.4. The Morgan fingerprint density at radius 3 is 2.64 bits per heavy atom. The largest absolute Gasteiger partial charge is 0.493 e. The summed E-state index contributed by atoms with van der Waals surface area (Å²) in [6, 6.07) is 20.7. The third-order valence-electron chi connectivity index (χ3n) is 8.89. The van der Waals surface area contributed by atoms with Gasteiger partial charge in [-0.05, 0) is 61.2 Å². The van der Waals surface area contributed by atoms with E-state index in [9.17, 15) is 13.2 Å². The minimum Gasteiger partial charge on any atom is -0.493 e. The molecular weight excluding hydrogens is 563 g/mol. The van der Waals surface area contributed by atoms with Crippen LogP contribution in [-0.4, -0.2) is 42.9 Å². The van der Waals surface area contributed by atoms with Crippen molar-refractivity contribution in [1.82, 2.24) is 15.2 Å². The zero-order chi connectivity index (χ0) is 30.6. The first kappa shape index (κ1) is 30.4. The van der Waals surface area contributed by atoms with Gasteiger partial charge >= 0.3 is 6.18 Å². The predicted octanol–water partition coefficient (Wildman–Crippen LogP) is 7.89. The molecule has 2 aliphatic heterocycles. The molecule has 3 aromatic carbocycles. The van der Waals surface area contributed by atoms with Crippen molar-refractivity contribution in [2.45, 2.75) is 63.6 Å². The number of fused-ring (bicyclic) bond motifs is 2. The van der Waals surface area contributed by atoms with Gasteiger partial charge in [-0.15, -0.1) is 0 Å². The van der Waals surface area contributed by atoms with E-state index in [1.807, 2.05) is 30.3 Å². The molecule has 0 amide bonds. The number of aromatic nitrogens is 1. The van der Waals surface area contributed by atoms with E-state index < -0.39 is 11.7 Å². The second kappa shape index (κ2) is 13.2. The van der Waals surface area contributed by atoms with Crippen LogP contribution in [0, 0.1) is 0 Å². The van der Waals surface area contributed by atoms with Gasteiger partial charge in [0.05, 0.1) is 29.8 Å². The van der Waals surface area contributed by atoms with Crippen LogP contribution in [0.4, 0.5) is 13.2 Å². The number of alkyl halides is 3. The number of rotatable bonds is 12. The highest BCUT2D eigenvalue weighted by molar-refractivity contribution is 5.89. The first-order valence-electron chi connectivity index (χ1n) is 15.7. The first-order valence-corrected chi connectivity index (χ1v) is 15.7. The Bertz CT molecular complexity index is 1580. The second-order valence-corrected chi connectivity index (χ2v) is 12.2. The number of pyridine rings is 1. The highest BCUT2D eigenvalue weighted by Crippen LogP contribution is 2.38. The number of para-hydroxylation sites is 1. The molecule has 0 aliphatic carbocycles. The Hall–Kier alpha value is -3.62. The molecule has 44 heavy (non-hydrogen) atoms. The molecule has 1 aromatic heterocycles. The average Bonchev–Trinajstić information content (AvgIpc) is 3.65. The lowest BCUT2D eigenvalue weighted by atomic mass is 9.91. The SMILES string of the molecule is CC1(c2ccc3c(c2)CCO3)CN(CCCCCCCOc2c(Cc3ccccc3)cnc3c(C(F)(F)F)cccc23)CN1. The first-order chi connectivity index (χ1) is 21.3. The van der Waals surface area contributed by atoms with E-state index in [1.54, 1.807) is 6.07 Å². The monoisotopic (exact) mass is 603 g/mol. The molecule has 8 heteroatoms. The molecule has 1 N–H and O–H groups in total. The highest BCUT2D eigenvalue weighted by Gasteiger charge is 2.35. The summed E-state index contributed by atoms with van der Waals surface area (Å²) >= 11 is 0. The third-order valence-corrected chi connectivity index (χ3v) is 8.89. The Morgan fingerprint density at radius 2 is 1.80 bits per heavy atom. The zero-order valence-corrected chi connectivity index (χ0v) is 25.3. The van der Waals surface area contributed by atoms with Crippen molar-refractivity contribution in [3.63, 3.8) is 0 Å². The van der Waals surface area contributed by atoms with E-state index >= 15 is 0 Å². The van der Waals surface area contributed by atoms with Crippen molar-refractivity contribution in [2.24, 2.45) is 0 Å². The number of nitrogens with zero attached hydrogens (tertiary/aromatic N) is 2. The van der Waals surface area contributed by atoms with Crippen molar-refractivity contribution in [3.8, 4) is 11.5 Å². The molecule has 0 saturated carbocycles. The molecule has 2 aliphatic rings. The molecule has 1 saturated heterocycles. The second-order valence-electron chi connectivity index (χ2n) is 12.2. The lowest BCUT2D eigenvalue weighted by Gasteiger charge is -2.25. The van der Waals surface area contributed by atoms with E-state index in [-0.39, 0.29) is 11.1 Å². The summed E-state index contributed by atoms with van der Waals surface area (Å²) in [7, 11) is 0. The van der Waals surface area contributed by atoms with Crippen LogP contribution in [0.1, 0.15) is 66.8 Å². The Kier molecular flexibility index (Phi) is 9.10. The zero-order valence-electron chi connectivity index (χ0n) is 25.3. The normalized spacial score (nSPS) is 18.5. The maximum atomic E-state index is 13.7. The van der Waals surface area contributed by atoms with Gasteiger partial charge in [0.15, 0.2) is 0 Å². The fourth-order valence-corrected chi connectivity index (χ4v) is 6.45. The van der Waals surface area contributed by atoms with Gasteiger partial charge in [-0.3, -0.25) is 15.2 Å². The molecule has 0 spiro atoms. The van der Waals surface area contributed by atoms with Crippen LogP contribution in [0.15, 0.2) is 72.9 Å². The summed E-state index contributed by atoms with van der Waals surface area (Å²) < 4.78 is 53.1. The summed E-state index contributed by atoms with van der Waals surface area (Å²) in [6.45, 7) is 6.45. The van der Waals surface area contributed by atoms with Crippen LogP contribution >= 0.6 is 0 Å². The van der Waals surface area contributed by atoms with E-state index in [4.69, 9.17) is 9.47 Å². The lowest BCUT2D eigenvalue weighted by molar-refractivity contribution is -0.136. The number of halogens is 3. The van der Waals surface area contributed by atoms with Gasteiger partial charge in [0.25, 0.3) is 0 Å². The molecule has 1 unspecified atom stereocenters. The quantitative estimate of drug-likeness (QED) is 0.167. The molecular formula is C36H40F3N3O2. The Labute approximate surface area is 257 Å². The van der Waals surface area contributed by atoms with Crippen LogP contribution in [0.5, 0.6) is 11.5 Å². The smallest absolute Gasteiger partial charge is 0.418 e. The number of benzene rings is 3. The minimum atomic E-state index is -4.48. The van der Waals surface area contributed by atoms with Gasteiger partial charge in [0, 0.05) is 43.2 Å². The molecule has 1 atom stereocenters. The van der Waals surface area contributed by atoms with Gasteiger partial charge in [0.2, 0.25) is 0 Å². The fraction of sp³-hybridized carbons (Fsp3) is 0.417. The van der Waals surface area contributed by atoms with Crippen LogP contribution in [0.3, 0.4) is 0 Å². The molecule has 3 heterocycles. The molecule has 6 rings (SSSR count). The molecule has 4 aromatic rings. The molecule has 0 bridgehead atoms. The van der Waals surface area contributed by atoms with Gasteiger partial charge in [-0.1, -0.05) is 67.8 Å². The summed E-state index contributed by atoms with van der Waals surface area (Å²) in [5.74, 6) is 1.53. The van der Waals surface area contributed by atoms with E-state index in [2.05, 4.69) is 40.3 Å². The van der Waals surface area contributed by atoms with Crippen LogP contribution in [0.25, 0.3) is 10.9 Å². The molecule has 232 valence electrons. The summed E-state index contributed by atoms with van der Waals surface area (Å²) in [5.41, 5.74) is 3.64. The number of ether oxygens (including phenoxy) is 2. The van der Waals surface area contributed by atoms with E-state index in [0.29, 0.717) is 24.2 Å². The fourth-order valence-electron chi connectivity index (χ4n) is 6.45. The van der Waals surface area contributed by atoms with Gasteiger partial charge in [-0.25, -0.2) is 0 Å². The summed E-state index contributed by atoms with van der Waals surface area (Å²) in [5, 5.41) is 4.13. The van der Waals surface area contributed by atoms with E-state index in [1.165, 1.54) is 23.4 Å². The summed E-state index contributed by atoms with van der Waals surface area (Å²) in [6.07, 6.45) is 3.81. The minimum absolute atomic E-state index is 0.0493. The number of unbranched alkanes of at least 4 members (excludes halogenated alkanes) is 4. The Balaban J connectivity index is 0.988. The maximum Gasteiger partial charge on any atom is 0.418 e. The van der Waals surface area contributed by atoms with Crippen LogP contribution < -0.4 is 14.8 Å². The van der Waals surface area contributed by atoms with Crippen molar-refractivity contribution in [3.05, 3.63) is 101 Å². The average molecular weight is 604 g/mol. The topological polar surface area (TPSA) is 46.6 Å². The molecule has 0 radical (unpaired) electrons. The van der Waals surface area contributed by atoms with Gasteiger partial charge < -0.3 is 9.47 Å². The number of hydrogen-bond acceptors (Lipinski definition) is 5. The van der Waals surface area contributed by atoms with Crippen LogP contribution in [0.2, 0.25) is 0 Å². The van der Waals surface area contributed by atoms with Crippen molar-refractivity contribution in [2.75, 3.05) is 33.0 Å². The number of nitrogens with one attached hydrogen (secondary N) is 1. The maximum absolute atomic E-state index is 13.7. The van der Waals surface area contributed by atoms with Crippen molar-refractivity contribution < 1.29 is 22.6 Å². The van der Waals surface area contributed by atoms with Gasteiger partial charge in [0.1, 0.15) is 11.5 Å². The summed E-state index contributed by atoms with van der Waals surface area (Å²) in [4.78, 5) is 6.73. The van der Waals surface area contributed by atoms with Crippen molar-refractivity contribution in [1.29, 1.82) is 0 Å². The van der Waals surface area contributed by atoms with Crippen LogP contribution in [-0.2, 0) is 24.6 Å². The molecule has 1 fully saturated rings. The van der Waals surface area contributed by atoms with Gasteiger partial charge in [-0.2, -0.15) is 13.2 Å². The lowest BCUT2D eigenvalue weighted by Crippen LogP contribution is -2.36.